The van der Waals surface area contributed by atoms with E-state index < -0.39 is 0 Å². The number of nitrogens with zero attached hydrogens (tertiary/aromatic N) is 1. The van der Waals surface area contributed by atoms with Crippen LogP contribution in [0.5, 0.6) is 0 Å². The van der Waals surface area contributed by atoms with E-state index in [-0.39, 0.29) is 6.04 Å². The van der Waals surface area contributed by atoms with Crippen LogP contribution in [0.25, 0.3) is 0 Å². The molecule has 0 aromatic carbocycles. The smallest absolute Gasteiger partial charge is 0.222 e. The molecule has 0 spiro atoms. The number of rotatable bonds is 6. The van der Waals surface area contributed by atoms with Crippen LogP contribution in [0.3, 0.4) is 0 Å². The van der Waals surface area contributed by atoms with E-state index in [1.165, 1.54) is 12.8 Å². The molecule has 0 saturated carbocycles. The van der Waals surface area contributed by atoms with Gasteiger partial charge in [-0.05, 0) is 19.4 Å². The number of nitrogens with one attached hydrogen (secondary N) is 1. The number of likely N-dealkylation sites (N-methyl/N-ethyl adjacent to an activating group) is 1. The largest absolute Gasteiger partial charge is 0.383 e. The summed E-state index contributed by atoms with van der Waals surface area (Å²) < 4.78 is 5.19. The third-order valence-corrected chi connectivity index (χ3v) is 3.22. The zero-order valence-corrected chi connectivity index (χ0v) is 11.2. The molecule has 1 aliphatic heterocycles. The highest BCUT2D eigenvalue weighted by molar-refractivity contribution is 5.76. The summed E-state index contributed by atoms with van der Waals surface area (Å²) in [5, 5.41) is 3.37. The van der Waals surface area contributed by atoms with Crippen LogP contribution >= 0.6 is 0 Å². The van der Waals surface area contributed by atoms with E-state index in [9.17, 15) is 4.79 Å². The maximum absolute atomic E-state index is 12.0. The number of methoxy groups -OCH3 is 1. The first-order valence-corrected chi connectivity index (χ1v) is 6.78. The third kappa shape index (κ3) is 5.50. The quantitative estimate of drug-likeness (QED) is 0.765. The predicted octanol–water partition coefficient (Wildman–Crippen LogP) is 1.40. The highest BCUT2D eigenvalue weighted by atomic mass is 16.5. The Morgan fingerprint density at radius 2 is 2.12 bits per heavy atom. The number of carbonyl (C=O) groups excluding carboxylic acids is 1. The van der Waals surface area contributed by atoms with Gasteiger partial charge in [-0.15, -0.1) is 0 Å². The van der Waals surface area contributed by atoms with E-state index in [4.69, 9.17) is 4.74 Å². The highest BCUT2D eigenvalue weighted by Crippen LogP contribution is 2.12. The maximum Gasteiger partial charge on any atom is 0.222 e. The van der Waals surface area contributed by atoms with Gasteiger partial charge in [0, 0.05) is 32.7 Å². The molecule has 1 atom stereocenters. The monoisotopic (exact) mass is 242 g/mol. The number of carbonyl (C=O) groups is 1. The minimum atomic E-state index is 0.258. The number of hydrogen-bond acceptors (Lipinski definition) is 3. The number of ether oxygens (including phenoxy) is 1. The van der Waals surface area contributed by atoms with Gasteiger partial charge in [0.15, 0.2) is 0 Å². The van der Waals surface area contributed by atoms with E-state index in [1.807, 2.05) is 4.90 Å². The predicted molar refractivity (Wildman–Crippen MR) is 69.0 cm³/mol. The van der Waals surface area contributed by atoms with Crippen LogP contribution in [0, 0.1) is 0 Å². The molecule has 1 rings (SSSR count). The first-order chi connectivity index (χ1) is 8.27. The molecule has 0 bridgehead atoms. The Hall–Kier alpha value is -0.610. The van der Waals surface area contributed by atoms with E-state index >= 15 is 0 Å². The zero-order chi connectivity index (χ0) is 12.5. The Bertz CT molecular complexity index is 215. The fourth-order valence-corrected chi connectivity index (χ4v) is 2.34. The summed E-state index contributed by atoms with van der Waals surface area (Å²) in [6, 6.07) is 0.258. The number of hydrogen-bond donors (Lipinski definition) is 1. The third-order valence-electron chi connectivity index (χ3n) is 3.22. The average molecular weight is 242 g/mol. The van der Waals surface area contributed by atoms with E-state index in [2.05, 4.69) is 12.2 Å². The molecule has 100 valence electrons. The Morgan fingerprint density at radius 1 is 1.35 bits per heavy atom. The van der Waals surface area contributed by atoms with Crippen LogP contribution in [0.1, 0.15) is 39.0 Å². The summed E-state index contributed by atoms with van der Waals surface area (Å²) in [5.74, 6) is 0.309. The first-order valence-electron chi connectivity index (χ1n) is 6.78. The molecule has 1 heterocycles. The molecule has 0 aromatic heterocycles. The summed E-state index contributed by atoms with van der Waals surface area (Å²) in [7, 11) is 1.71. The highest BCUT2D eigenvalue weighted by Gasteiger charge is 2.19. The molecule has 4 heteroatoms. The topological polar surface area (TPSA) is 41.6 Å². The lowest BCUT2D eigenvalue weighted by Gasteiger charge is -2.29. The average Bonchev–Trinajstić information content (AvgIpc) is 2.29. The lowest BCUT2D eigenvalue weighted by Crippen LogP contribution is -2.46. The van der Waals surface area contributed by atoms with Crippen molar-refractivity contribution >= 4 is 5.91 Å². The van der Waals surface area contributed by atoms with Gasteiger partial charge >= 0.3 is 0 Å². The van der Waals surface area contributed by atoms with Gasteiger partial charge in [-0.2, -0.15) is 0 Å². The molecule has 1 fully saturated rings. The van der Waals surface area contributed by atoms with Gasteiger partial charge in [-0.25, -0.2) is 0 Å². The SMILES string of the molecule is CCNC(COC)CN1CCCCCCC1=O. The molecule has 1 amide bonds. The van der Waals surface area contributed by atoms with Crippen LogP contribution in [0.15, 0.2) is 0 Å². The fraction of sp³-hybridized carbons (Fsp3) is 0.923. The molecule has 1 saturated heterocycles. The van der Waals surface area contributed by atoms with Crippen LogP contribution in [-0.2, 0) is 9.53 Å². The van der Waals surface area contributed by atoms with Gasteiger partial charge in [0.05, 0.1) is 6.61 Å². The van der Waals surface area contributed by atoms with Crippen molar-refractivity contribution in [2.45, 2.75) is 45.1 Å². The van der Waals surface area contributed by atoms with Gasteiger partial charge in [-0.1, -0.05) is 19.8 Å². The van der Waals surface area contributed by atoms with Crippen molar-refractivity contribution in [1.82, 2.24) is 10.2 Å². The van der Waals surface area contributed by atoms with Crippen LogP contribution < -0.4 is 5.32 Å². The number of likely N-dealkylation sites (tertiary alicyclic amines) is 1. The second-order valence-corrected chi connectivity index (χ2v) is 4.71. The Morgan fingerprint density at radius 3 is 2.82 bits per heavy atom. The van der Waals surface area contributed by atoms with Crippen molar-refractivity contribution in [1.29, 1.82) is 0 Å². The van der Waals surface area contributed by atoms with Crippen LogP contribution in [-0.4, -0.2) is 50.2 Å². The molecule has 0 radical (unpaired) electrons. The second-order valence-electron chi connectivity index (χ2n) is 4.71. The standard InChI is InChI=1S/C13H26N2O2/c1-3-14-12(11-17-2)10-15-9-7-5-4-6-8-13(15)16/h12,14H,3-11H2,1-2H3. The van der Waals surface area contributed by atoms with Crippen molar-refractivity contribution < 1.29 is 9.53 Å². The number of amides is 1. The molecule has 0 aliphatic carbocycles. The molecule has 4 nitrogen and oxygen atoms in total. The molecule has 1 N–H and O–H groups in total. The minimum Gasteiger partial charge on any atom is -0.383 e. The van der Waals surface area contributed by atoms with Gasteiger partial charge < -0.3 is 15.0 Å². The van der Waals surface area contributed by atoms with E-state index in [1.54, 1.807) is 7.11 Å². The van der Waals surface area contributed by atoms with Crippen LogP contribution in [0.2, 0.25) is 0 Å². The Kier molecular flexibility index (Phi) is 7.21. The molecular weight excluding hydrogens is 216 g/mol. The van der Waals surface area contributed by atoms with Gasteiger partial charge in [0.1, 0.15) is 0 Å². The van der Waals surface area contributed by atoms with Crippen LogP contribution in [0.4, 0.5) is 0 Å². The van der Waals surface area contributed by atoms with Crippen molar-refractivity contribution in [3.05, 3.63) is 0 Å². The zero-order valence-electron chi connectivity index (χ0n) is 11.2. The van der Waals surface area contributed by atoms with Crippen molar-refractivity contribution in [3.63, 3.8) is 0 Å². The second kappa shape index (κ2) is 8.48. The summed E-state index contributed by atoms with van der Waals surface area (Å²) in [6.45, 7) is 5.34. The molecule has 1 aliphatic rings. The molecular formula is C13H26N2O2. The first kappa shape index (κ1) is 14.5. The molecule has 0 aromatic rings. The van der Waals surface area contributed by atoms with Crippen molar-refractivity contribution in [2.75, 3.05) is 33.4 Å². The van der Waals surface area contributed by atoms with E-state index in [0.717, 1.165) is 32.5 Å². The fourth-order valence-electron chi connectivity index (χ4n) is 2.34. The van der Waals surface area contributed by atoms with E-state index in [0.29, 0.717) is 18.9 Å². The molecule has 17 heavy (non-hydrogen) atoms. The van der Waals surface area contributed by atoms with Gasteiger partial charge in [0.25, 0.3) is 0 Å². The summed E-state index contributed by atoms with van der Waals surface area (Å²) in [6.07, 6.45) is 5.35. The normalized spacial score (nSPS) is 19.9. The van der Waals surface area contributed by atoms with Crippen molar-refractivity contribution in [2.24, 2.45) is 0 Å². The summed E-state index contributed by atoms with van der Waals surface area (Å²) in [4.78, 5) is 14.0. The van der Waals surface area contributed by atoms with Gasteiger partial charge in [-0.3, -0.25) is 4.79 Å². The van der Waals surface area contributed by atoms with Crippen molar-refractivity contribution in [3.8, 4) is 0 Å². The lowest BCUT2D eigenvalue weighted by molar-refractivity contribution is -0.132. The van der Waals surface area contributed by atoms with Gasteiger partial charge in [0.2, 0.25) is 5.91 Å². The summed E-state index contributed by atoms with van der Waals surface area (Å²) in [5.41, 5.74) is 0. The Labute approximate surface area is 105 Å². The maximum atomic E-state index is 12.0. The minimum absolute atomic E-state index is 0.258. The summed E-state index contributed by atoms with van der Waals surface area (Å²) >= 11 is 0. The lowest BCUT2D eigenvalue weighted by atomic mass is 10.1. The molecule has 1 unspecified atom stereocenters. The Balaban J connectivity index is 2.45.